The quantitative estimate of drug-likeness (QED) is 0.587. The molecular formula is C22H33F3N4O2. The summed E-state index contributed by atoms with van der Waals surface area (Å²) in [6.45, 7) is 11.4. The molecule has 1 aromatic rings. The Bertz CT molecular complexity index is 745. The molecular weight excluding hydrogens is 409 g/mol. The van der Waals surface area contributed by atoms with E-state index in [0.717, 1.165) is 51.6 Å². The molecule has 0 aromatic carbocycles. The fourth-order valence-corrected chi connectivity index (χ4v) is 4.10. The molecule has 0 N–H and O–H groups in total. The number of carbonyl (C=O) groups is 1. The van der Waals surface area contributed by atoms with E-state index in [1.807, 2.05) is 13.8 Å². The zero-order valence-corrected chi connectivity index (χ0v) is 18.6. The van der Waals surface area contributed by atoms with Gasteiger partial charge in [-0.25, -0.2) is 4.98 Å². The molecule has 1 amide bonds. The highest BCUT2D eigenvalue weighted by atomic mass is 19.4. The van der Waals surface area contributed by atoms with Gasteiger partial charge in [-0.05, 0) is 38.8 Å². The van der Waals surface area contributed by atoms with Gasteiger partial charge in [0.25, 0.3) is 0 Å². The Hall–Kier alpha value is -1.71. The number of halogens is 3. The number of rotatable bonds is 9. The number of piperazine rings is 1. The number of ether oxygens (including phenoxy) is 1. The van der Waals surface area contributed by atoms with Crippen molar-refractivity contribution in [2.24, 2.45) is 0 Å². The number of nitrogens with zero attached hydrogens (tertiary/aromatic N) is 4. The number of pyridine rings is 1. The average Bonchev–Trinajstić information content (AvgIpc) is 3.52. The van der Waals surface area contributed by atoms with Crippen molar-refractivity contribution < 1.29 is 22.7 Å². The Morgan fingerprint density at radius 3 is 2.45 bits per heavy atom. The van der Waals surface area contributed by atoms with E-state index in [1.165, 1.54) is 17.0 Å². The van der Waals surface area contributed by atoms with Gasteiger partial charge in [0, 0.05) is 51.2 Å². The molecule has 2 heterocycles. The topological polar surface area (TPSA) is 48.9 Å². The van der Waals surface area contributed by atoms with Crippen molar-refractivity contribution in [1.82, 2.24) is 14.8 Å². The first kappa shape index (κ1) is 23.9. The van der Waals surface area contributed by atoms with E-state index >= 15 is 0 Å². The number of anilines is 1. The first-order valence-electron chi connectivity index (χ1n) is 11.1. The summed E-state index contributed by atoms with van der Waals surface area (Å²) in [5.74, 6) is -0.125. The van der Waals surface area contributed by atoms with Gasteiger partial charge >= 0.3 is 6.18 Å². The molecule has 1 saturated heterocycles. The molecule has 3 rings (SSSR count). The van der Waals surface area contributed by atoms with Crippen molar-refractivity contribution in [2.45, 2.75) is 57.9 Å². The number of hydrogen-bond acceptors (Lipinski definition) is 5. The van der Waals surface area contributed by atoms with Crippen LogP contribution < -0.4 is 4.90 Å². The van der Waals surface area contributed by atoms with Gasteiger partial charge in [-0.2, -0.15) is 13.2 Å². The van der Waals surface area contributed by atoms with Crippen molar-refractivity contribution in [1.29, 1.82) is 0 Å². The van der Waals surface area contributed by atoms with Crippen LogP contribution >= 0.6 is 0 Å². The standard InChI is InChI=1S/C22H33F3N4O2/c1-4-20(30)29(19-7-5-6-18(26-19)22(23,24)25)16-21(8-9-21)28-12-10-27(11-13-28)14-15-31-17(2)3/h5-7,17H,4,8-16H2,1-3H3. The fourth-order valence-electron chi connectivity index (χ4n) is 4.10. The second-order valence-corrected chi connectivity index (χ2v) is 8.68. The van der Waals surface area contributed by atoms with Gasteiger partial charge in [0.15, 0.2) is 0 Å². The van der Waals surface area contributed by atoms with E-state index in [2.05, 4.69) is 14.8 Å². The third kappa shape index (κ3) is 6.17. The Morgan fingerprint density at radius 2 is 1.90 bits per heavy atom. The van der Waals surface area contributed by atoms with Crippen molar-refractivity contribution in [3.05, 3.63) is 23.9 Å². The summed E-state index contributed by atoms with van der Waals surface area (Å²) in [6, 6.07) is 3.75. The van der Waals surface area contributed by atoms with Gasteiger partial charge in [-0.3, -0.25) is 19.5 Å². The van der Waals surface area contributed by atoms with Crippen LogP contribution in [0.4, 0.5) is 19.0 Å². The molecule has 9 heteroatoms. The Balaban J connectivity index is 1.65. The van der Waals surface area contributed by atoms with Crippen LogP contribution in [0.1, 0.15) is 45.7 Å². The van der Waals surface area contributed by atoms with Gasteiger partial charge in [0.05, 0.1) is 12.7 Å². The minimum absolute atomic E-state index is 0.0809. The minimum Gasteiger partial charge on any atom is -0.377 e. The largest absolute Gasteiger partial charge is 0.433 e. The lowest BCUT2D eigenvalue weighted by Crippen LogP contribution is -2.56. The smallest absolute Gasteiger partial charge is 0.377 e. The monoisotopic (exact) mass is 442 g/mol. The predicted octanol–water partition coefficient (Wildman–Crippen LogP) is 3.42. The van der Waals surface area contributed by atoms with Crippen LogP contribution in [-0.4, -0.2) is 78.2 Å². The molecule has 0 spiro atoms. The summed E-state index contributed by atoms with van der Waals surface area (Å²) < 4.78 is 45.0. The third-order valence-corrected chi connectivity index (χ3v) is 6.09. The zero-order valence-electron chi connectivity index (χ0n) is 18.6. The van der Waals surface area contributed by atoms with E-state index < -0.39 is 11.9 Å². The number of alkyl halides is 3. The average molecular weight is 443 g/mol. The van der Waals surface area contributed by atoms with Crippen molar-refractivity contribution >= 4 is 11.7 Å². The Labute approximate surface area is 182 Å². The van der Waals surface area contributed by atoms with E-state index in [1.54, 1.807) is 6.92 Å². The van der Waals surface area contributed by atoms with Crippen molar-refractivity contribution in [3.63, 3.8) is 0 Å². The molecule has 1 aromatic heterocycles. The molecule has 2 aliphatic rings. The number of amides is 1. The molecule has 0 bridgehead atoms. The van der Waals surface area contributed by atoms with E-state index in [-0.39, 0.29) is 29.8 Å². The molecule has 0 unspecified atom stereocenters. The first-order valence-corrected chi connectivity index (χ1v) is 11.1. The van der Waals surface area contributed by atoms with Crippen LogP contribution in [0.5, 0.6) is 0 Å². The number of aromatic nitrogens is 1. The highest BCUT2D eigenvalue weighted by Gasteiger charge is 2.50. The molecule has 1 saturated carbocycles. The van der Waals surface area contributed by atoms with Crippen LogP contribution in [0.2, 0.25) is 0 Å². The molecule has 2 fully saturated rings. The third-order valence-electron chi connectivity index (χ3n) is 6.09. The first-order chi connectivity index (χ1) is 14.6. The van der Waals surface area contributed by atoms with Crippen LogP contribution in [0.15, 0.2) is 18.2 Å². The van der Waals surface area contributed by atoms with E-state index in [0.29, 0.717) is 13.2 Å². The summed E-state index contributed by atoms with van der Waals surface area (Å²) in [5.41, 5.74) is -1.14. The second kappa shape index (κ2) is 9.83. The molecule has 1 aliphatic heterocycles. The van der Waals surface area contributed by atoms with Gasteiger partial charge in [0.1, 0.15) is 11.5 Å². The highest BCUT2D eigenvalue weighted by molar-refractivity contribution is 5.92. The molecule has 0 atom stereocenters. The summed E-state index contributed by atoms with van der Waals surface area (Å²) in [6.07, 6.45) is -2.21. The molecule has 6 nitrogen and oxygen atoms in total. The minimum atomic E-state index is -4.54. The van der Waals surface area contributed by atoms with Crippen LogP contribution in [0.3, 0.4) is 0 Å². The molecule has 1 aliphatic carbocycles. The Morgan fingerprint density at radius 1 is 1.23 bits per heavy atom. The zero-order chi connectivity index (χ0) is 22.6. The maximum absolute atomic E-state index is 13.1. The highest BCUT2D eigenvalue weighted by Crippen LogP contribution is 2.43. The normalized spacial score (nSPS) is 19.6. The van der Waals surface area contributed by atoms with E-state index in [9.17, 15) is 18.0 Å². The Kier molecular flexibility index (Phi) is 7.59. The van der Waals surface area contributed by atoms with Crippen molar-refractivity contribution in [2.75, 3.05) is 50.8 Å². The van der Waals surface area contributed by atoms with Crippen LogP contribution in [0.25, 0.3) is 0 Å². The van der Waals surface area contributed by atoms with Crippen LogP contribution in [-0.2, 0) is 15.7 Å². The maximum Gasteiger partial charge on any atom is 0.433 e. The lowest BCUT2D eigenvalue weighted by molar-refractivity contribution is -0.141. The van der Waals surface area contributed by atoms with E-state index in [4.69, 9.17) is 4.74 Å². The molecule has 31 heavy (non-hydrogen) atoms. The molecule has 174 valence electrons. The lowest BCUT2D eigenvalue weighted by atomic mass is 10.1. The van der Waals surface area contributed by atoms with Crippen LogP contribution in [0, 0.1) is 0 Å². The summed E-state index contributed by atoms with van der Waals surface area (Å²) in [5, 5.41) is 0. The second-order valence-electron chi connectivity index (χ2n) is 8.68. The summed E-state index contributed by atoms with van der Waals surface area (Å²) in [7, 11) is 0. The number of hydrogen-bond donors (Lipinski definition) is 0. The maximum atomic E-state index is 13.1. The van der Waals surface area contributed by atoms with Crippen molar-refractivity contribution in [3.8, 4) is 0 Å². The summed E-state index contributed by atoms with van der Waals surface area (Å²) >= 11 is 0. The van der Waals surface area contributed by atoms with Gasteiger partial charge in [0.2, 0.25) is 5.91 Å². The van der Waals surface area contributed by atoms with Gasteiger partial charge in [-0.1, -0.05) is 13.0 Å². The SMILES string of the molecule is CCC(=O)N(CC1(N2CCN(CCOC(C)C)CC2)CC1)c1cccc(C(F)(F)F)n1. The number of carbonyl (C=O) groups excluding carboxylic acids is 1. The fraction of sp³-hybridized carbons (Fsp3) is 0.727. The predicted molar refractivity (Wildman–Crippen MR) is 113 cm³/mol. The lowest BCUT2D eigenvalue weighted by Gasteiger charge is -2.41. The summed E-state index contributed by atoms with van der Waals surface area (Å²) in [4.78, 5) is 22.6. The van der Waals surface area contributed by atoms with Gasteiger partial charge < -0.3 is 4.74 Å². The van der Waals surface area contributed by atoms with Gasteiger partial charge in [-0.15, -0.1) is 0 Å². The molecule has 0 radical (unpaired) electrons.